The Morgan fingerprint density at radius 3 is 2.45 bits per heavy atom. The van der Waals surface area contributed by atoms with Gasteiger partial charge in [0.15, 0.2) is 0 Å². The smallest absolute Gasteiger partial charge is 0.274 e. The van der Waals surface area contributed by atoms with Crippen LogP contribution in [0.1, 0.15) is 55.7 Å². The predicted octanol–water partition coefficient (Wildman–Crippen LogP) is 3.64. The Bertz CT molecular complexity index is 627. The lowest BCUT2D eigenvalue weighted by Gasteiger charge is -2.17. The van der Waals surface area contributed by atoms with Gasteiger partial charge in [0.2, 0.25) is 0 Å². The number of nitrogens with one attached hydrogen (secondary N) is 1. The lowest BCUT2D eigenvalue weighted by Crippen LogP contribution is -2.21. The van der Waals surface area contributed by atoms with Crippen molar-refractivity contribution in [2.45, 2.75) is 39.7 Å². The number of nitrogens with zero attached hydrogens (tertiary/aromatic N) is 1. The number of carbonyl (C=O) groups excluding carboxylic acids is 1. The van der Waals surface area contributed by atoms with Crippen molar-refractivity contribution in [2.24, 2.45) is 0 Å². The molecule has 0 bridgehead atoms. The lowest BCUT2D eigenvalue weighted by molar-refractivity contribution is 0.0538. The number of amides is 1. The third-order valence-electron chi connectivity index (χ3n) is 3.44. The fourth-order valence-corrected chi connectivity index (χ4v) is 2.56. The Labute approximate surface area is 119 Å². The van der Waals surface area contributed by atoms with Gasteiger partial charge in [-0.2, -0.15) is 0 Å². The van der Waals surface area contributed by atoms with Gasteiger partial charge < -0.3 is 4.57 Å². The van der Waals surface area contributed by atoms with E-state index in [1.54, 1.807) is 0 Å². The zero-order valence-electron chi connectivity index (χ0n) is 12.7. The molecule has 108 valence electrons. The van der Waals surface area contributed by atoms with Gasteiger partial charge in [0, 0.05) is 22.8 Å². The van der Waals surface area contributed by atoms with Crippen LogP contribution in [0, 0.1) is 0 Å². The summed E-state index contributed by atoms with van der Waals surface area (Å²) < 4.78 is 2.30. The van der Waals surface area contributed by atoms with Crippen LogP contribution in [0.15, 0.2) is 24.3 Å². The highest BCUT2D eigenvalue weighted by Gasteiger charge is 2.15. The molecule has 0 aliphatic rings. The van der Waals surface area contributed by atoms with Gasteiger partial charge in [0.05, 0.1) is 7.11 Å². The van der Waals surface area contributed by atoms with E-state index in [0.717, 1.165) is 10.9 Å². The molecule has 1 aromatic carbocycles. The van der Waals surface area contributed by atoms with Crippen LogP contribution in [0.5, 0.6) is 0 Å². The van der Waals surface area contributed by atoms with Crippen molar-refractivity contribution in [1.29, 1.82) is 0 Å². The minimum Gasteiger partial charge on any atom is -0.342 e. The number of fused-ring (bicyclic) bond motifs is 1. The minimum absolute atomic E-state index is 0.225. The van der Waals surface area contributed by atoms with E-state index in [-0.39, 0.29) is 5.91 Å². The van der Waals surface area contributed by atoms with Gasteiger partial charge in [-0.3, -0.25) is 9.63 Å². The molecule has 0 saturated carbocycles. The monoisotopic (exact) mass is 274 g/mol. The summed E-state index contributed by atoms with van der Waals surface area (Å²) >= 11 is 0. The Hall–Kier alpha value is -1.81. The second kappa shape index (κ2) is 5.67. The molecule has 1 amide bonds. The molecule has 20 heavy (non-hydrogen) atoms. The first-order chi connectivity index (χ1) is 9.45. The highest BCUT2D eigenvalue weighted by Crippen LogP contribution is 2.29. The molecule has 1 heterocycles. The van der Waals surface area contributed by atoms with E-state index in [0.29, 0.717) is 17.5 Å². The maximum absolute atomic E-state index is 11.9. The highest BCUT2D eigenvalue weighted by atomic mass is 16.6. The van der Waals surface area contributed by atoms with E-state index in [1.165, 1.54) is 12.8 Å². The zero-order valence-corrected chi connectivity index (χ0v) is 12.7. The van der Waals surface area contributed by atoms with Crippen LogP contribution in [0.25, 0.3) is 10.9 Å². The lowest BCUT2D eigenvalue weighted by atomic mass is 10.1. The Morgan fingerprint density at radius 1 is 1.20 bits per heavy atom. The molecule has 4 heteroatoms. The highest BCUT2D eigenvalue weighted by molar-refractivity contribution is 5.97. The average molecular weight is 274 g/mol. The predicted molar refractivity (Wildman–Crippen MR) is 80.9 cm³/mol. The van der Waals surface area contributed by atoms with Crippen LogP contribution < -0.4 is 5.48 Å². The first-order valence-electron chi connectivity index (χ1n) is 6.94. The molecule has 2 rings (SSSR count). The molecule has 0 atom stereocenters. The van der Waals surface area contributed by atoms with Gasteiger partial charge in [0.25, 0.3) is 5.91 Å². The van der Waals surface area contributed by atoms with Crippen LogP contribution in [-0.2, 0) is 4.84 Å². The quantitative estimate of drug-likeness (QED) is 0.865. The number of aromatic nitrogens is 1. The Balaban J connectivity index is 2.61. The fraction of sp³-hybridized carbons (Fsp3) is 0.438. The number of rotatable bonds is 4. The van der Waals surface area contributed by atoms with E-state index in [4.69, 9.17) is 0 Å². The number of hydrogen-bond acceptors (Lipinski definition) is 2. The molecule has 0 aliphatic carbocycles. The van der Waals surface area contributed by atoms with Crippen molar-refractivity contribution in [1.82, 2.24) is 10.0 Å². The second-order valence-corrected chi connectivity index (χ2v) is 5.60. The third-order valence-corrected chi connectivity index (χ3v) is 3.44. The molecule has 0 saturated heterocycles. The maximum atomic E-state index is 11.9. The van der Waals surface area contributed by atoms with Gasteiger partial charge in [0.1, 0.15) is 0 Å². The third kappa shape index (κ3) is 2.56. The van der Waals surface area contributed by atoms with Gasteiger partial charge in [-0.05, 0) is 43.4 Å². The van der Waals surface area contributed by atoms with Gasteiger partial charge in [-0.15, -0.1) is 0 Å². The van der Waals surface area contributed by atoms with Gasteiger partial charge in [-0.25, -0.2) is 5.48 Å². The number of hydrogen-bond donors (Lipinski definition) is 1. The van der Waals surface area contributed by atoms with Crippen LogP contribution >= 0.6 is 0 Å². The molecule has 0 radical (unpaired) electrons. The van der Waals surface area contributed by atoms with Crippen molar-refractivity contribution in [3.63, 3.8) is 0 Å². The number of benzene rings is 1. The Morgan fingerprint density at radius 2 is 1.90 bits per heavy atom. The average Bonchev–Trinajstić information content (AvgIpc) is 2.77. The molecule has 4 nitrogen and oxygen atoms in total. The summed E-state index contributed by atoms with van der Waals surface area (Å²) in [5.74, 6) is 0.220. The van der Waals surface area contributed by atoms with Crippen molar-refractivity contribution in [3.05, 3.63) is 35.5 Å². The standard InChI is InChI=1S/C16H22N2O2/c1-10(2)14-8-12-6-7-13(16(19)17-20-5)9-15(12)18(14)11(3)4/h6-11H,1-5H3,(H,17,19). The first kappa shape index (κ1) is 14.6. The molecule has 0 aliphatic heterocycles. The van der Waals surface area contributed by atoms with E-state index in [2.05, 4.69) is 48.6 Å². The molecule has 1 aromatic heterocycles. The molecule has 0 unspecified atom stereocenters. The molecule has 0 spiro atoms. The summed E-state index contributed by atoms with van der Waals surface area (Å²) in [5.41, 5.74) is 5.34. The van der Waals surface area contributed by atoms with Gasteiger partial charge >= 0.3 is 0 Å². The molecular formula is C16H22N2O2. The van der Waals surface area contributed by atoms with Gasteiger partial charge in [-0.1, -0.05) is 19.9 Å². The fourth-order valence-electron chi connectivity index (χ4n) is 2.56. The summed E-state index contributed by atoms with van der Waals surface area (Å²) in [4.78, 5) is 16.5. The van der Waals surface area contributed by atoms with E-state index in [1.807, 2.05) is 18.2 Å². The second-order valence-electron chi connectivity index (χ2n) is 5.60. The molecule has 0 fully saturated rings. The van der Waals surface area contributed by atoms with Crippen molar-refractivity contribution in [3.8, 4) is 0 Å². The van der Waals surface area contributed by atoms with E-state index >= 15 is 0 Å². The summed E-state index contributed by atoms with van der Waals surface area (Å²) in [6.07, 6.45) is 0. The van der Waals surface area contributed by atoms with Crippen LogP contribution in [0.4, 0.5) is 0 Å². The van der Waals surface area contributed by atoms with E-state index in [9.17, 15) is 4.79 Å². The topological polar surface area (TPSA) is 43.3 Å². The van der Waals surface area contributed by atoms with Crippen molar-refractivity contribution < 1.29 is 9.63 Å². The molecule has 1 N–H and O–H groups in total. The number of hydroxylamine groups is 1. The summed E-state index contributed by atoms with van der Waals surface area (Å²) in [5, 5.41) is 1.16. The molecule has 2 aromatic rings. The normalized spacial score (nSPS) is 11.6. The zero-order chi connectivity index (χ0) is 14.9. The van der Waals surface area contributed by atoms with Crippen LogP contribution in [0.2, 0.25) is 0 Å². The van der Waals surface area contributed by atoms with Crippen molar-refractivity contribution in [2.75, 3.05) is 7.11 Å². The van der Waals surface area contributed by atoms with Crippen molar-refractivity contribution >= 4 is 16.8 Å². The van der Waals surface area contributed by atoms with Crippen LogP contribution in [0.3, 0.4) is 0 Å². The minimum atomic E-state index is -0.225. The summed E-state index contributed by atoms with van der Waals surface area (Å²) in [6, 6.07) is 8.30. The number of carbonyl (C=O) groups is 1. The largest absolute Gasteiger partial charge is 0.342 e. The van der Waals surface area contributed by atoms with Crippen LogP contribution in [-0.4, -0.2) is 17.6 Å². The summed E-state index contributed by atoms with van der Waals surface area (Å²) in [6.45, 7) is 8.69. The molecular weight excluding hydrogens is 252 g/mol. The SMILES string of the molecule is CONC(=O)c1ccc2cc(C(C)C)n(C(C)C)c2c1. The maximum Gasteiger partial charge on any atom is 0.274 e. The summed E-state index contributed by atoms with van der Waals surface area (Å²) in [7, 11) is 1.43. The Kier molecular flexibility index (Phi) is 4.14. The first-order valence-corrected chi connectivity index (χ1v) is 6.94. The van der Waals surface area contributed by atoms with E-state index < -0.39 is 0 Å².